The van der Waals surface area contributed by atoms with Gasteiger partial charge in [0.2, 0.25) is 5.91 Å². The molecule has 0 aliphatic carbocycles. The van der Waals surface area contributed by atoms with Gasteiger partial charge in [-0.2, -0.15) is 0 Å². The molecule has 27 heavy (non-hydrogen) atoms. The lowest BCUT2D eigenvalue weighted by molar-refractivity contribution is -0.126. The maximum atomic E-state index is 12.6. The van der Waals surface area contributed by atoms with Crippen molar-refractivity contribution in [2.45, 2.75) is 19.3 Å². The second-order valence-electron chi connectivity index (χ2n) is 7.13. The SMILES string of the molecule is CN1CC(CN(C)C(=O)Nc2ccccc2CCc2ccccn2)CC1=O. The van der Waals surface area contributed by atoms with Crippen molar-refractivity contribution in [2.75, 3.05) is 32.5 Å². The van der Waals surface area contributed by atoms with E-state index in [0.29, 0.717) is 19.5 Å². The van der Waals surface area contributed by atoms with E-state index in [-0.39, 0.29) is 17.9 Å². The third-order valence-electron chi connectivity index (χ3n) is 4.94. The Bertz CT molecular complexity index is 794. The lowest BCUT2D eigenvalue weighted by atomic mass is 10.1. The summed E-state index contributed by atoms with van der Waals surface area (Å²) in [6.45, 7) is 1.27. The van der Waals surface area contributed by atoms with Crippen LogP contribution in [0.3, 0.4) is 0 Å². The Kier molecular flexibility index (Phi) is 6.06. The van der Waals surface area contributed by atoms with Crippen LogP contribution in [0.25, 0.3) is 0 Å². The number of nitrogens with zero attached hydrogens (tertiary/aromatic N) is 3. The number of carbonyl (C=O) groups is 2. The first kappa shape index (κ1) is 18.9. The molecule has 1 aliphatic rings. The zero-order valence-corrected chi connectivity index (χ0v) is 15.9. The zero-order valence-electron chi connectivity index (χ0n) is 15.9. The monoisotopic (exact) mass is 366 g/mol. The molecule has 0 saturated carbocycles. The van der Waals surface area contributed by atoms with Gasteiger partial charge in [-0.25, -0.2) is 4.79 Å². The average molecular weight is 366 g/mol. The minimum Gasteiger partial charge on any atom is -0.345 e. The topological polar surface area (TPSA) is 65.5 Å². The fourth-order valence-corrected chi connectivity index (χ4v) is 3.43. The van der Waals surface area contributed by atoms with Crippen molar-refractivity contribution in [3.63, 3.8) is 0 Å². The molecule has 2 aromatic rings. The number of anilines is 1. The van der Waals surface area contributed by atoms with Crippen molar-refractivity contribution in [1.29, 1.82) is 0 Å². The molecule has 1 saturated heterocycles. The van der Waals surface area contributed by atoms with Crippen LogP contribution in [0.4, 0.5) is 10.5 Å². The number of nitrogens with one attached hydrogen (secondary N) is 1. The standard InChI is InChI=1S/C21H26N4O2/c1-24-14-16(13-20(24)26)15-25(2)21(27)23-19-9-4-3-7-17(19)10-11-18-8-5-6-12-22-18/h3-9,12,16H,10-11,13-15H2,1-2H3,(H,23,27). The van der Waals surface area contributed by atoms with E-state index in [0.717, 1.165) is 29.8 Å². The fraction of sp³-hybridized carbons (Fsp3) is 0.381. The number of amides is 3. The lowest BCUT2D eigenvalue weighted by Crippen LogP contribution is -2.36. The second kappa shape index (κ2) is 8.66. The normalized spacial score (nSPS) is 16.4. The van der Waals surface area contributed by atoms with Gasteiger partial charge in [-0.05, 0) is 36.6 Å². The van der Waals surface area contributed by atoms with E-state index in [9.17, 15) is 9.59 Å². The Morgan fingerprint density at radius 1 is 1.22 bits per heavy atom. The van der Waals surface area contributed by atoms with Crippen molar-refractivity contribution in [1.82, 2.24) is 14.8 Å². The molecule has 0 bridgehead atoms. The number of aryl methyl sites for hydroxylation is 2. The van der Waals surface area contributed by atoms with Crippen LogP contribution in [0, 0.1) is 5.92 Å². The molecule has 1 N–H and O–H groups in total. The molecule has 3 rings (SSSR count). The number of likely N-dealkylation sites (tertiary alicyclic amines) is 1. The van der Waals surface area contributed by atoms with E-state index in [4.69, 9.17) is 0 Å². The van der Waals surface area contributed by atoms with Gasteiger partial charge in [-0.15, -0.1) is 0 Å². The number of aromatic nitrogens is 1. The van der Waals surface area contributed by atoms with Crippen molar-refractivity contribution >= 4 is 17.6 Å². The highest BCUT2D eigenvalue weighted by atomic mass is 16.2. The smallest absolute Gasteiger partial charge is 0.321 e. The van der Waals surface area contributed by atoms with Crippen LogP contribution >= 0.6 is 0 Å². The highest BCUT2D eigenvalue weighted by molar-refractivity contribution is 5.90. The average Bonchev–Trinajstić information content (AvgIpc) is 2.99. The van der Waals surface area contributed by atoms with Gasteiger partial charge in [0.25, 0.3) is 0 Å². The molecule has 3 amide bonds. The molecule has 142 valence electrons. The van der Waals surface area contributed by atoms with Gasteiger partial charge in [-0.3, -0.25) is 9.78 Å². The van der Waals surface area contributed by atoms with Crippen LogP contribution in [0.1, 0.15) is 17.7 Å². The minimum atomic E-state index is -0.151. The molecule has 1 aromatic carbocycles. The van der Waals surface area contributed by atoms with Gasteiger partial charge in [0.15, 0.2) is 0 Å². The first-order chi connectivity index (χ1) is 13.0. The van der Waals surface area contributed by atoms with Crippen LogP contribution < -0.4 is 5.32 Å². The van der Waals surface area contributed by atoms with Crippen LogP contribution in [0.2, 0.25) is 0 Å². The summed E-state index contributed by atoms with van der Waals surface area (Å²) in [6, 6.07) is 13.6. The number of hydrogen-bond acceptors (Lipinski definition) is 3. The second-order valence-corrected chi connectivity index (χ2v) is 7.13. The predicted molar refractivity (Wildman–Crippen MR) is 105 cm³/mol. The number of hydrogen-bond donors (Lipinski definition) is 1. The summed E-state index contributed by atoms with van der Waals surface area (Å²) in [6.07, 6.45) is 3.93. The Hall–Kier alpha value is -2.89. The van der Waals surface area contributed by atoms with Gasteiger partial charge in [0.05, 0.1) is 0 Å². The van der Waals surface area contributed by atoms with Gasteiger partial charge >= 0.3 is 6.03 Å². The van der Waals surface area contributed by atoms with E-state index in [1.807, 2.05) is 42.5 Å². The Balaban J connectivity index is 1.58. The molecule has 1 atom stereocenters. The predicted octanol–water partition coefficient (Wildman–Crippen LogP) is 2.81. The largest absolute Gasteiger partial charge is 0.345 e. The highest BCUT2D eigenvalue weighted by Crippen LogP contribution is 2.20. The maximum Gasteiger partial charge on any atom is 0.321 e. The van der Waals surface area contributed by atoms with Crippen LogP contribution in [-0.4, -0.2) is 53.9 Å². The minimum absolute atomic E-state index is 0.147. The number of rotatable bonds is 6. The van der Waals surface area contributed by atoms with E-state index in [1.54, 1.807) is 30.1 Å². The molecule has 6 heteroatoms. The third kappa shape index (κ3) is 5.06. The van der Waals surface area contributed by atoms with E-state index < -0.39 is 0 Å². The number of carbonyl (C=O) groups excluding carboxylic acids is 2. The zero-order chi connectivity index (χ0) is 19.2. The molecule has 2 heterocycles. The Morgan fingerprint density at radius 2 is 2.00 bits per heavy atom. The highest BCUT2D eigenvalue weighted by Gasteiger charge is 2.28. The quantitative estimate of drug-likeness (QED) is 0.855. The van der Waals surface area contributed by atoms with E-state index >= 15 is 0 Å². The van der Waals surface area contributed by atoms with Gasteiger partial charge in [0, 0.05) is 57.1 Å². The van der Waals surface area contributed by atoms with Crippen molar-refractivity contribution < 1.29 is 9.59 Å². The molecule has 0 spiro atoms. The maximum absolute atomic E-state index is 12.6. The fourth-order valence-electron chi connectivity index (χ4n) is 3.43. The summed E-state index contributed by atoms with van der Waals surface area (Å²) in [5, 5.41) is 3.01. The summed E-state index contributed by atoms with van der Waals surface area (Å²) < 4.78 is 0. The van der Waals surface area contributed by atoms with Crippen LogP contribution in [0.15, 0.2) is 48.7 Å². The first-order valence-electron chi connectivity index (χ1n) is 9.27. The summed E-state index contributed by atoms with van der Waals surface area (Å²) >= 11 is 0. The van der Waals surface area contributed by atoms with Crippen LogP contribution in [-0.2, 0) is 17.6 Å². The summed E-state index contributed by atoms with van der Waals surface area (Å²) in [4.78, 5) is 32.0. The number of urea groups is 1. The summed E-state index contributed by atoms with van der Waals surface area (Å²) in [5.41, 5.74) is 2.94. The lowest BCUT2D eigenvalue weighted by Gasteiger charge is -2.22. The Labute approximate surface area is 160 Å². The molecular formula is C21H26N4O2. The summed E-state index contributed by atoms with van der Waals surface area (Å²) in [5.74, 6) is 0.339. The number of benzene rings is 1. The Morgan fingerprint density at radius 3 is 2.70 bits per heavy atom. The van der Waals surface area contributed by atoms with Crippen molar-refractivity contribution in [3.8, 4) is 0 Å². The van der Waals surface area contributed by atoms with Gasteiger partial charge in [0.1, 0.15) is 0 Å². The van der Waals surface area contributed by atoms with Crippen LogP contribution in [0.5, 0.6) is 0 Å². The summed E-state index contributed by atoms with van der Waals surface area (Å²) in [7, 11) is 3.58. The number of para-hydroxylation sites is 1. The van der Waals surface area contributed by atoms with Gasteiger partial charge < -0.3 is 15.1 Å². The molecule has 1 aromatic heterocycles. The van der Waals surface area contributed by atoms with E-state index in [2.05, 4.69) is 10.3 Å². The number of pyridine rings is 1. The molecule has 1 unspecified atom stereocenters. The molecule has 0 radical (unpaired) electrons. The first-order valence-corrected chi connectivity index (χ1v) is 9.27. The molecular weight excluding hydrogens is 340 g/mol. The third-order valence-corrected chi connectivity index (χ3v) is 4.94. The molecule has 1 fully saturated rings. The van der Waals surface area contributed by atoms with Crippen molar-refractivity contribution in [2.24, 2.45) is 5.92 Å². The van der Waals surface area contributed by atoms with E-state index in [1.165, 1.54) is 0 Å². The van der Waals surface area contributed by atoms with Crippen molar-refractivity contribution in [3.05, 3.63) is 59.9 Å². The molecule has 1 aliphatic heterocycles. The molecule has 6 nitrogen and oxygen atoms in total. The van der Waals surface area contributed by atoms with Gasteiger partial charge in [-0.1, -0.05) is 24.3 Å².